The van der Waals surface area contributed by atoms with Gasteiger partial charge in [0.05, 0.1) is 6.61 Å². The van der Waals surface area contributed by atoms with Crippen molar-refractivity contribution < 1.29 is 39.5 Å². The van der Waals surface area contributed by atoms with Gasteiger partial charge in [-0.2, -0.15) is 0 Å². The molecule has 0 aromatic rings. The number of aliphatic hydroxyl groups is 3. The molecule has 0 radical (unpaired) electrons. The summed E-state index contributed by atoms with van der Waals surface area (Å²) in [7, 11) is 0. The van der Waals surface area contributed by atoms with Crippen LogP contribution in [0.4, 0.5) is 0 Å². The standard InChI is InChI=1S/C11H19NO8/c1-4(10(16)17)19-9-7(12-5(2)14)11(18)20-6(3-13)8(9)15/h4,6-9,11,13,15,18H,3H2,1-2H3,(H,12,14)(H,16,17)/t4-,6+,7+,8+,9+,11+/m1/s1. The van der Waals surface area contributed by atoms with Crippen molar-refractivity contribution in [3.63, 3.8) is 0 Å². The van der Waals surface area contributed by atoms with Gasteiger partial charge in [-0.25, -0.2) is 4.79 Å². The van der Waals surface area contributed by atoms with Crippen molar-refractivity contribution >= 4 is 11.9 Å². The smallest absolute Gasteiger partial charge is 0.332 e. The molecule has 0 unspecified atom stereocenters. The zero-order chi connectivity index (χ0) is 15.4. The highest BCUT2D eigenvalue weighted by Crippen LogP contribution is 2.23. The first-order valence-corrected chi connectivity index (χ1v) is 6.05. The third kappa shape index (κ3) is 3.87. The van der Waals surface area contributed by atoms with Crippen LogP contribution in [0.2, 0.25) is 0 Å². The average molecular weight is 293 g/mol. The zero-order valence-corrected chi connectivity index (χ0v) is 11.1. The Labute approximate surface area is 115 Å². The van der Waals surface area contributed by atoms with E-state index in [0.29, 0.717) is 0 Å². The Kier molecular flexibility index (Phi) is 5.84. The summed E-state index contributed by atoms with van der Waals surface area (Å²) in [6.07, 6.45) is -6.57. The molecular formula is C11H19NO8. The minimum atomic E-state index is -1.54. The summed E-state index contributed by atoms with van der Waals surface area (Å²) in [5.74, 6) is -1.77. The Morgan fingerprint density at radius 2 is 2.00 bits per heavy atom. The van der Waals surface area contributed by atoms with Crippen molar-refractivity contribution in [1.82, 2.24) is 5.32 Å². The van der Waals surface area contributed by atoms with Gasteiger partial charge >= 0.3 is 5.97 Å². The quantitative estimate of drug-likeness (QED) is 0.371. The molecule has 1 heterocycles. The van der Waals surface area contributed by atoms with Crippen molar-refractivity contribution in [2.45, 2.75) is 50.6 Å². The monoisotopic (exact) mass is 293 g/mol. The van der Waals surface area contributed by atoms with E-state index in [1.165, 1.54) is 13.8 Å². The van der Waals surface area contributed by atoms with Crippen molar-refractivity contribution in [3.8, 4) is 0 Å². The number of carbonyl (C=O) groups is 2. The second kappa shape index (κ2) is 6.95. The highest BCUT2D eigenvalue weighted by Gasteiger charge is 2.46. The lowest BCUT2D eigenvalue weighted by Crippen LogP contribution is -2.65. The van der Waals surface area contributed by atoms with Gasteiger partial charge in [0.15, 0.2) is 12.4 Å². The van der Waals surface area contributed by atoms with Crippen LogP contribution in [0, 0.1) is 0 Å². The number of carbonyl (C=O) groups excluding carboxylic acids is 1. The molecule has 20 heavy (non-hydrogen) atoms. The molecule has 0 saturated carbocycles. The average Bonchev–Trinajstić information content (AvgIpc) is 2.36. The van der Waals surface area contributed by atoms with E-state index in [1.807, 2.05) is 0 Å². The highest BCUT2D eigenvalue weighted by atomic mass is 16.6. The van der Waals surface area contributed by atoms with Gasteiger partial charge in [0.2, 0.25) is 5.91 Å². The third-order valence-corrected chi connectivity index (χ3v) is 2.95. The summed E-state index contributed by atoms with van der Waals surface area (Å²) in [5.41, 5.74) is 0. The topological polar surface area (TPSA) is 146 Å². The molecule has 1 aliphatic rings. The van der Waals surface area contributed by atoms with Gasteiger partial charge in [0.1, 0.15) is 24.4 Å². The lowest BCUT2D eigenvalue weighted by Gasteiger charge is -2.42. The van der Waals surface area contributed by atoms with Gasteiger partial charge in [-0.3, -0.25) is 4.79 Å². The molecule has 0 aliphatic carbocycles. The van der Waals surface area contributed by atoms with Gasteiger partial charge in [0.25, 0.3) is 0 Å². The number of hydrogen-bond acceptors (Lipinski definition) is 7. The zero-order valence-electron chi connectivity index (χ0n) is 11.1. The lowest BCUT2D eigenvalue weighted by molar-refractivity contribution is -0.267. The maximum absolute atomic E-state index is 11.1. The lowest BCUT2D eigenvalue weighted by atomic mass is 9.96. The number of nitrogens with one attached hydrogen (secondary N) is 1. The molecule has 1 aliphatic heterocycles. The predicted molar refractivity (Wildman–Crippen MR) is 63.5 cm³/mol. The van der Waals surface area contributed by atoms with E-state index in [1.54, 1.807) is 0 Å². The van der Waals surface area contributed by atoms with Crippen LogP contribution in [0.15, 0.2) is 0 Å². The van der Waals surface area contributed by atoms with Crippen LogP contribution in [0.1, 0.15) is 13.8 Å². The normalized spacial score (nSPS) is 35.4. The minimum absolute atomic E-state index is 0.510. The first-order chi connectivity index (χ1) is 9.27. The fourth-order valence-corrected chi connectivity index (χ4v) is 1.93. The number of rotatable bonds is 5. The number of aliphatic carboxylic acids is 1. The summed E-state index contributed by atoms with van der Waals surface area (Å²) in [6.45, 7) is 1.84. The molecule has 1 fully saturated rings. The fourth-order valence-electron chi connectivity index (χ4n) is 1.93. The number of carboxylic acids is 1. The Balaban J connectivity index is 2.92. The summed E-state index contributed by atoms with van der Waals surface area (Å²) < 4.78 is 10.1. The molecule has 0 spiro atoms. The fraction of sp³-hybridized carbons (Fsp3) is 0.818. The number of aliphatic hydroxyl groups excluding tert-OH is 3. The molecule has 0 aromatic carbocycles. The van der Waals surface area contributed by atoms with Crippen molar-refractivity contribution in [1.29, 1.82) is 0 Å². The van der Waals surface area contributed by atoms with E-state index in [0.717, 1.165) is 0 Å². The number of carboxylic acid groups (broad SMARTS) is 1. The van der Waals surface area contributed by atoms with Gasteiger partial charge < -0.3 is 35.2 Å². The van der Waals surface area contributed by atoms with Crippen molar-refractivity contribution in [3.05, 3.63) is 0 Å². The SMILES string of the molecule is CC(=O)N[C@H]1[C@H](O[C@H](C)C(=O)O)[C@@H](O)[C@H](CO)O[C@@H]1O. The van der Waals surface area contributed by atoms with Gasteiger partial charge in [0, 0.05) is 6.92 Å². The van der Waals surface area contributed by atoms with Crippen LogP contribution in [-0.4, -0.2) is 75.7 Å². The first-order valence-electron chi connectivity index (χ1n) is 6.05. The van der Waals surface area contributed by atoms with Crippen LogP contribution in [0.3, 0.4) is 0 Å². The second-order valence-corrected chi connectivity index (χ2v) is 4.55. The van der Waals surface area contributed by atoms with Crippen molar-refractivity contribution in [2.75, 3.05) is 6.61 Å². The van der Waals surface area contributed by atoms with Gasteiger partial charge in [-0.15, -0.1) is 0 Å². The Bertz CT molecular complexity index is 362. The molecule has 1 amide bonds. The third-order valence-electron chi connectivity index (χ3n) is 2.95. The summed E-state index contributed by atoms with van der Waals surface area (Å²) >= 11 is 0. The Hall–Kier alpha value is -1.26. The van der Waals surface area contributed by atoms with Crippen molar-refractivity contribution in [2.24, 2.45) is 0 Å². The first kappa shape index (κ1) is 16.8. The van der Waals surface area contributed by atoms with E-state index in [2.05, 4.69) is 5.32 Å². The molecule has 1 saturated heterocycles. The second-order valence-electron chi connectivity index (χ2n) is 4.55. The Morgan fingerprint density at radius 3 is 2.45 bits per heavy atom. The van der Waals surface area contributed by atoms with Crippen LogP contribution in [-0.2, 0) is 19.1 Å². The summed E-state index contributed by atoms with van der Waals surface area (Å²) in [5, 5.41) is 40.0. The molecule has 9 nitrogen and oxygen atoms in total. The molecule has 5 N–H and O–H groups in total. The van der Waals surface area contributed by atoms with E-state index in [4.69, 9.17) is 19.7 Å². The predicted octanol–water partition coefficient (Wildman–Crippen LogP) is -2.58. The van der Waals surface area contributed by atoms with E-state index < -0.39 is 55.2 Å². The molecular weight excluding hydrogens is 274 g/mol. The minimum Gasteiger partial charge on any atom is -0.479 e. The number of ether oxygens (including phenoxy) is 2. The van der Waals surface area contributed by atoms with Crippen LogP contribution < -0.4 is 5.32 Å². The van der Waals surface area contributed by atoms with Crippen LogP contribution >= 0.6 is 0 Å². The Morgan fingerprint density at radius 1 is 1.40 bits per heavy atom. The van der Waals surface area contributed by atoms with Crippen LogP contribution in [0.5, 0.6) is 0 Å². The molecule has 6 atom stereocenters. The maximum Gasteiger partial charge on any atom is 0.332 e. The van der Waals surface area contributed by atoms with E-state index in [-0.39, 0.29) is 0 Å². The van der Waals surface area contributed by atoms with Gasteiger partial charge in [-0.05, 0) is 6.92 Å². The number of amides is 1. The van der Waals surface area contributed by atoms with E-state index in [9.17, 15) is 19.8 Å². The molecule has 0 aromatic heterocycles. The molecule has 9 heteroatoms. The summed E-state index contributed by atoms with van der Waals surface area (Å²) in [4.78, 5) is 21.9. The largest absolute Gasteiger partial charge is 0.479 e. The molecule has 0 bridgehead atoms. The molecule has 116 valence electrons. The number of hydrogen-bond donors (Lipinski definition) is 5. The van der Waals surface area contributed by atoms with Crippen LogP contribution in [0.25, 0.3) is 0 Å². The highest BCUT2D eigenvalue weighted by molar-refractivity contribution is 5.73. The van der Waals surface area contributed by atoms with E-state index >= 15 is 0 Å². The molecule has 1 rings (SSSR count). The van der Waals surface area contributed by atoms with Gasteiger partial charge in [-0.1, -0.05) is 0 Å². The maximum atomic E-state index is 11.1. The summed E-state index contributed by atoms with van der Waals surface area (Å²) in [6, 6.07) is -1.15.